The van der Waals surface area contributed by atoms with Crippen molar-refractivity contribution in [2.75, 3.05) is 0 Å². The molecule has 17 heavy (non-hydrogen) atoms. The third kappa shape index (κ3) is 1.95. The van der Waals surface area contributed by atoms with Gasteiger partial charge in [0.05, 0.1) is 0 Å². The Morgan fingerprint density at radius 3 is 3.00 bits per heavy atom. The second kappa shape index (κ2) is 4.22. The summed E-state index contributed by atoms with van der Waals surface area (Å²) in [4.78, 5) is 10.5. The molecule has 86 valence electrons. The van der Waals surface area contributed by atoms with Crippen LogP contribution in [0.1, 0.15) is 11.1 Å². The number of carboxylic acid groups (broad SMARTS) is 1. The van der Waals surface area contributed by atoms with Crippen molar-refractivity contribution in [3.05, 3.63) is 35.5 Å². The normalized spacial score (nSPS) is 10.1. The Morgan fingerprint density at radius 1 is 1.59 bits per heavy atom. The molecule has 0 aliphatic carbocycles. The fourth-order valence-electron chi connectivity index (χ4n) is 1.96. The Bertz CT molecular complexity index is 620. The molecule has 1 heterocycles. The van der Waals surface area contributed by atoms with Crippen LogP contribution in [-0.4, -0.2) is 15.8 Å². The van der Waals surface area contributed by atoms with Gasteiger partial charge < -0.3 is 15.0 Å². The monoisotopic (exact) mass is 228 g/mol. The molecule has 2 aromatic rings. The average molecular weight is 228 g/mol. The van der Waals surface area contributed by atoms with Crippen molar-refractivity contribution >= 4 is 17.0 Å². The SMILES string of the molecule is C#Cc1cccc2c1c(CNC(=O)O)cn2C. The zero-order chi connectivity index (χ0) is 12.4. The number of aromatic nitrogens is 1. The summed E-state index contributed by atoms with van der Waals surface area (Å²) >= 11 is 0. The first kappa shape index (κ1) is 11.1. The standard InChI is InChI=1S/C13H12N2O2/c1-3-9-5-4-6-11-12(9)10(8-15(11)2)7-14-13(16)17/h1,4-6,8,14H,7H2,2H3,(H,16,17). The van der Waals surface area contributed by atoms with E-state index in [0.29, 0.717) is 0 Å². The van der Waals surface area contributed by atoms with E-state index in [-0.39, 0.29) is 6.54 Å². The quantitative estimate of drug-likeness (QED) is 0.772. The van der Waals surface area contributed by atoms with Crippen LogP contribution in [0, 0.1) is 12.3 Å². The number of fused-ring (bicyclic) bond motifs is 1. The van der Waals surface area contributed by atoms with Crippen LogP contribution in [0.5, 0.6) is 0 Å². The molecular weight excluding hydrogens is 216 g/mol. The van der Waals surface area contributed by atoms with Crippen LogP contribution in [0.4, 0.5) is 4.79 Å². The topological polar surface area (TPSA) is 54.3 Å². The predicted molar refractivity (Wildman–Crippen MR) is 65.7 cm³/mol. The molecule has 0 saturated carbocycles. The van der Waals surface area contributed by atoms with Crippen LogP contribution < -0.4 is 5.32 Å². The molecule has 0 unspecified atom stereocenters. The lowest BCUT2D eigenvalue weighted by Crippen LogP contribution is -2.19. The third-order valence-electron chi connectivity index (χ3n) is 2.68. The summed E-state index contributed by atoms with van der Waals surface area (Å²) in [5, 5.41) is 11.9. The first-order valence-corrected chi connectivity index (χ1v) is 5.14. The zero-order valence-corrected chi connectivity index (χ0v) is 9.40. The van der Waals surface area contributed by atoms with Crippen LogP contribution in [0.3, 0.4) is 0 Å². The Morgan fingerprint density at radius 2 is 2.35 bits per heavy atom. The lowest BCUT2D eigenvalue weighted by atomic mass is 10.1. The van der Waals surface area contributed by atoms with Gasteiger partial charge >= 0.3 is 6.09 Å². The van der Waals surface area contributed by atoms with Gasteiger partial charge in [0.1, 0.15) is 0 Å². The van der Waals surface area contributed by atoms with Gasteiger partial charge in [-0.3, -0.25) is 0 Å². The number of carbonyl (C=O) groups is 1. The van der Waals surface area contributed by atoms with Gasteiger partial charge in [0.15, 0.2) is 0 Å². The molecule has 0 aliphatic rings. The lowest BCUT2D eigenvalue weighted by Gasteiger charge is -2.01. The van der Waals surface area contributed by atoms with Crippen LogP contribution in [0.15, 0.2) is 24.4 Å². The van der Waals surface area contributed by atoms with E-state index in [1.54, 1.807) is 0 Å². The number of amides is 1. The highest BCUT2D eigenvalue weighted by Crippen LogP contribution is 2.24. The maximum atomic E-state index is 10.5. The number of terminal acetylenes is 1. The molecule has 4 heteroatoms. The number of benzene rings is 1. The summed E-state index contributed by atoms with van der Waals surface area (Å²) in [7, 11) is 1.91. The molecule has 2 rings (SSSR count). The molecule has 1 aromatic carbocycles. The summed E-state index contributed by atoms with van der Waals surface area (Å²) < 4.78 is 1.94. The van der Waals surface area contributed by atoms with E-state index in [1.807, 2.05) is 36.0 Å². The van der Waals surface area contributed by atoms with Gasteiger partial charge in [-0.2, -0.15) is 0 Å². The van der Waals surface area contributed by atoms with E-state index in [0.717, 1.165) is 22.0 Å². The number of hydrogen-bond acceptors (Lipinski definition) is 1. The number of nitrogens with zero attached hydrogens (tertiary/aromatic N) is 1. The van der Waals surface area contributed by atoms with Crippen LogP contribution in [0.25, 0.3) is 10.9 Å². The van der Waals surface area contributed by atoms with Gasteiger partial charge in [-0.25, -0.2) is 4.79 Å². The first-order chi connectivity index (χ1) is 8.13. The maximum Gasteiger partial charge on any atom is 0.404 e. The summed E-state index contributed by atoms with van der Waals surface area (Å²) in [5.41, 5.74) is 2.67. The van der Waals surface area contributed by atoms with Crippen LogP contribution in [-0.2, 0) is 13.6 Å². The Kier molecular flexibility index (Phi) is 2.75. The minimum Gasteiger partial charge on any atom is -0.465 e. The third-order valence-corrected chi connectivity index (χ3v) is 2.68. The molecule has 2 N–H and O–H groups in total. The van der Waals surface area contributed by atoms with Crippen molar-refractivity contribution < 1.29 is 9.90 Å². The molecule has 0 bridgehead atoms. The summed E-state index contributed by atoms with van der Waals surface area (Å²) in [6, 6.07) is 5.71. The van der Waals surface area contributed by atoms with Crippen molar-refractivity contribution in [2.24, 2.45) is 7.05 Å². The van der Waals surface area contributed by atoms with Gasteiger partial charge in [-0.1, -0.05) is 12.0 Å². The van der Waals surface area contributed by atoms with E-state index in [4.69, 9.17) is 11.5 Å². The molecule has 0 aliphatic heterocycles. The first-order valence-electron chi connectivity index (χ1n) is 5.14. The summed E-state index contributed by atoms with van der Waals surface area (Å²) in [6.45, 7) is 0.255. The smallest absolute Gasteiger partial charge is 0.404 e. The highest BCUT2D eigenvalue weighted by Gasteiger charge is 2.10. The zero-order valence-electron chi connectivity index (χ0n) is 9.40. The molecule has 0 spiro atoms. The molecule has 1 aromatic heterocycles. The maximum absolute atomic E-state index is 10.5. The molecule has 4 nitrogen and oxygen atoms in total. The second-order valence-electron chi connectivity index (χ2n) is 3.77. The average Bonchev–Trinajstić information content (AvgIpc) is 2.64. The van der Waals surface area contributed by atoms with E-state index in [2.05, 4.69) is 11.2 Å². The fourth-order valence-corrected chi connectivity index (χ4v) is 1.96. The van der Waals surface area contributed by atoms with Crippen molar-refractivity contribution in [3.8, 4) is 12.3 Å². The second-order valence-corrected chi connectivity index (χ2v) is 3.77. The van der Waals surface area contributed by atoms with Gasteiger partial charge in [0, 0.05) is 36.3 Å². The number of aryl methyl sites for hydroxylation is 1. The van der Waals surface area contributed by atoms with E-state index < -0.39 is 6.09 Å². The van der Waals surface area contributed by atoms with Gasteiger partial charge in [-0.05, 0) is 17.7 Å². The number of hydrogen-bond donors (Lipinski definition) is 2. The van der Waals surface area contributed by atoms with E-state index in [1.165, 1.54) is 0 Å². The van der Waals surface area contributed by atoms with Gasteiger partial charge in [-0.15, -0.1) is 6.42 Å². The number of nitrogens with one attached hydrogen (secondary N) is 1. The molecule has 0 fully saturated rings. The largest absolute Gasteiger partial charge is 0.465 e. The minimum absolute atomic E-state index is 0.255. The molecule has 0 radical (unpaired) electrons. The summed E-state index contributed by atoms with van der Waals surface area (Å²) in [6.07, 6.45) is 6.30. The summed E-state index contributed by atoms with van der Waals surface area (Å²) in [5.74, 6) is 2.62. The molecule has 1 amide bonds. The fraction of sp³-hybridized carbons (Fsp3) is 0.154. The van der Waals surface area contributed by atoms with Crippen LogP contribution >= 0.6 is 0 Å². The van der Waals surface area contributed by atoms with E-state index in [9.17, 15) is 4.79 Å². The van der Waals surface area contributed by atoms with Gasteiger partial charge in [0.2, 0.25) is 0 Å². The van der Waals surface area contributed by atoms with E-state index >= 15 is 0 Å². The van der Waals surface area contributed by atoms with Crippen molar-refractivity contribution in [1.29, 1.82) is 0 Å². The van der Waals surface area contributed by atoms with Crippen molar-refractivity contribution in [3.63, 3.8) is 0 Å². The lowest BCUT2D eigenvalue weighted by molar-refractivity contribution is 0.194. The Hall–Kier alpha value is -2.41. The highest BCUT2D eigenvalue weighted by atomic mass is 16.4. The molecule has 0 atom stereocenters. The number of rotatable bonds is 2. The Balaban J connectivity index is 2.56. The van der Waals surface area contributed by atoms with Crippen molar-refractivity contribution in [2.45, 2.75) is 6.54 Å². The Labute approximate surface area is 98.9 Å². The predicted octanol–water partition coefficient (Wildman–Crippen LogP) is 1.93. The highest BCUT2D eigenvalue weighted by molar-refractivity contribution is 5.90. The minimum atomic E-state index is -1.04. The molecular formula is C13H12N2O2. The van der Waals surface area contributed by atoms with Crippen molar-refractivity contribution in [1.82, 2.24) is 9.88 Å². The van der Waals surface area contributed by atoms with Crippen LogP contribution in [0.2, 0.25) is 0 Å². The van der Waals surface area contributed by atoms with Gasteiger partial charge in [0.25, 0.3) is 0 Å². The molecule has 0 saturated heterocycles.